The number of hydrogen-bond acceptors (Lipinski definition) is 5. The Labute approximate surface area is 212 Å². The molecule has 1 fully saturated rings. The molecule has 4 heterocycles. The summed E-state index contributed by atoms with van der Waals surface area (Å²) in [5, 5.41) is -0.112. The highest BCUT2D eigenvalue weighted by atomic mass is 19.1. The minimum Gasteiger partial charge on any atom is -0.444 e. The van der Waals surface area contributed by atoms with Crippen LogP contribution in [-0.4, -0.2) is 48.6 Å². The fraction of sp³-hybridized carbons (Fsp3) is 0.407. The van der Waals surface area contributed by atoms with E-state index in [-0.39, 0.29) is 28.7 Å². The molecule has 1 aliphatic rings. The van der Waals surface area contributed by atoms with Crippen molar-refractivity contribution in [2.75, 3.05) is 13.1 Å². The molecule has 37 heavy (non-hydrogen) atoms. The van der Waals surface area contributed by atoms with Crippen LogP contribution in [0.3, 0.4) is 0 Å². The van der Waals surface area contributed by atoms with Crippen LogP contribution in [-0.2, 0) is 4.74 Å². The summed E-state index contributed by atoms with van der Waals surface area (Å²) >= 11 is 0. The highest BCUT2D eigenvalue weighted by Gasteiger charge is 2.27. The number of amides is 1. The fourth-order valence-electron chi connectivity index (χ4n) is 4.84. The van der Waals surface area contributed by atoms with Gasteiger partial charge >= 0.3 is 6.09 Å². The highest BCUT2D eigenvalue weighted by Crippen LogP contribution is 2.28. The summed E-state index contributed by atoms with van der Waals surface area (Å²) < 4.78 is 38.4. The summed E-state index contributed by atoms with van der Waals surface area (Å²) in [6.45, 7) is 8.17. The lowest BCUT2D eigenvalue weighted by Gasteiger charge is -2.26. The van der Waals surface area contributed by atoms with Crippen molar-refractivity contribution in [2.45, 2.75) is 58.6 Å². The molecule has 0 spiro atoms. The minimum absolute atomic E-state index is 0.112. The molecule has 1 aromatic carbocycles. The van der Waals surface area contributed by atoms with Crippen LogP contribution < -0.4 is 5.56 Å². The topological polar surface area (TPSA) is 81.7 Å². The molecule has 0 N–H and O–H groups in total. The zero-order chi connectivity index (χ0) is 26.5. The van der Waals surface area contributed by atoms with E-state index >= 15 is 4.39 Å². The van der Waals surface area contributed by atoms with Crippen molar-refractivity contribution in [3.63, 3.8) is 0 Å². The molecule has 1 saturated heterocycles. The zero-order valence-corrected chi connectivity index (χ0v) is 21.3. The lowest BCUT2D eigenvalue weighted by Crippen LogP contribution is -2.37. The maximum Gasteiger partial charge on any atom is 0.410 e. The van der Waals surface area contributed by atoms with Crippen LogP contribution in [0.4, 0.5) is 13.6 Å². The molecular weight excluding hydrogens is 480 g/mol. The second kappa shape index (κ2) is 9.24. The van der Waals surface area contributed by atoms with E-state index in [0.29, 0.717) is 49.2 Å². The van der Waals surface area contributed by atoms with Crippen LogP contribution in [0.5, 0.6) is 0 Å². The molecule has 1 unspecified atom stereocenters. The van der Waals surface area contributed by atoms with Crippen molar-refractivity contribution in [1.82, 2.24) is 23.8 Å². The number of aromatic nitrogens is 4. The van der Waals surface area contributed by atoms with Gasteiger partial charge < -0.3 is 14.0 Å². The average molecular weight is 510 g/mol. The standard InChI is InChI=1S/C27H29F2N5O3/c1-16-13-33-14-18(11-21(29)24(33)31-16)17-10-20(28)23-22(12-17)30-15-34(25(23)35)19-6-5-8-32(9-7-19)26(36)37-27(2,3)4/h10-15,19H,5-9H2,1-4H3. The zero-order valence-electron chi connectivity index (χ0n) is 21.3. The minimum atomic E-state index is -0.717. The Morgan fingerprint density at radius 2 is 1.81 bits per heavy atom. The molecule has 0 aliphatic carbocycles. The molecule has 194 valence electrons. The number of likely N-dealkylation sites (tertiary alicyclic amines) is 1. The maximum atomic E-state index is 15.3. The van der Waals surface area contributed by atoms with Crippen LogP contribution in [0.25, 0.3) is 27.7 Å². The summed E-state index contributed by atoms with van der Waals surface area (Å²) in [4.78, 5) is 36.0. The molecule has 1 atom stereocenters. The Balaban J connectivity index is 1.44. The number of ether oxygens (including phenoxy) is 1. The maximum absolute atomic E-state index is 15.3. The third-order valence-corrected chi connectivity index (χ3v) is 6.54. The third-order valence-electron chi connectivity index (χ3n) is 6.54. The van der Waals surface area contributed by atoms with Gasteiger partial charge in [0.2, 0.25) is 0 Å². The molecule has 1 amide bonds. The number of carbonyl (C=O) groups is 1. The van der Waals surface area contributed by atoms with Gasteiger partial charge in [0.15, 0.2) is 11.5 Å². The molecule has 4 aromatic rings. The second-order valence-corrected chi connectivity index (χ2v) is 10.6. The number of pyridine rings is 1. The Kier molecular flexibility index (Phi) is 6.21. The molecule has 8 nitrogen and oxygen atoms in total. The van der Waals surface area contributed by atoms with Gasteiger partial charge in [-0.25, -0.2) is 23.5 Å². The molecule has 3 aromatic heterocycles. The number of fused-ring (bicyclic) bond motifs is 2. The number of aryl methyl sites for hydroxylation is 1. The lowest BCUT2D eigenvalue weighted by molar-refractivity contribution is 0.0255. The second-order valence-electron chi connectivity index (χ2n) is 10.6. The summed E-state index contributed by atoms with van der Waals surface area (Å²) in [5.41, 5.74) is 0.838. The van der Waals surface area contributed by atoms with Crippen LogP contribution in [0.1, 0.15) is 51.8 Å². The van der Waals surface area contributed by atoms with E-state index in [9.17, 15) is 14.0 Å². The van der Waals surface area contributed by atoms with Crippen LogP contribution >= 0.6 is 0 Å². The number of hydrogen-bond donors (Lipinski definition) is 0. The van der Waals surface area contributed by atoms with Gasteiger partial charge in [0.05, 0.1) is 17.5 Å². The van der Waals surface area contributed by atoms with Crippen LogP contribution in [0.2, 0.25) is 0 Å². The predicted octanol–water partition coefficient (Wildman–Crippen LogP) is 5.26. The summed E-state index contributed by atoms with van der Waals surface area (Å²) in [5.74, 6) is -1.24. The molecule has 0 saturated carbocycles. The number of halogens is 2. The number of rotatable bonds is 2. The van der Waals surface area contributed by atoms with Crippen molar-refractivity contribution < 1.29 is 18.3 Å². The van der Waals surface area contributed by atoms with E-state index in [1.54, 1.807) is 34.7 Å². The van der Waals surface area contributed by atoms with Gasteiger partial charge in [-0.15, -0.1) is 0 Å². The normalized spacial score (nSPS) is 16.8. The first-order valence-corrected chi connectivity index (χ1v) is 12.3. The predicted molar refractivity (Wildman–Crippen MR) is 136 cm³/mol. The van der Waals surface area contributed by atoms with Gasteiger partial charge in [-0.05, 0) is 70.7 Å². The molecule has 10 heteroatoms. The van der Waals surface area contributed by atoms with Gasteiger partial charge in [-0.1, -0.05) is 0 Å². The van der Waals surface area contributed by atoms with Gasteiger partial charge in [0.1, 0.15) is 16.8 Å². The Hall–Kier alpha value is -3.82. The summed E-state index contributed by atoms with van der Waals surface area (Å²) in [7, 11) is 0. The summed E-state index contributed by atoms with van der Waals surface area (Å²) in [6, 6.07) is 3.89. The van der Waals surface area contributed by atoms with E-state index in [4.69, 9.17) is 4.74 Å². The van der Waals surface area contributed by atoms with Gasteiger partial charge in [-0.2, -0.15) is 0 Å². The van der Waals surface area contributed by atoms with Crippen LogP contribution in [0.15, 0.2) is 41.7 Å². The van der Waals surface area contributed by atoms with Gasteiger partial charge in [0, 0.05) is 37.1 Å². The molecule has 1 aliphatic heterocycles. The molecule has 5 rings (SSSR count). The molecular formula is C27H29F2N5O3. The quantitative estimate of drug-likeness (QED) is 0.368. The molecule has 0 radical (unpaired) electrons. The van der Waals surface area contributed by atoms with Crippen molar-refractivity contribution in [1.29, 1.82) is 0 Å². The van der Waals surface area contributed by atoms with E-state index < -0.39 is 22.8 Å². The summed E-state index contributed by atoms with van der Waals surface area (Å²) in [6.07, 6.45) is 6.26. The van der Waals surface area contributed by atoms with Crippen LogP contribution in [0, 0.1) is 18.6 Å². The Morgan fingerprint density at radius 3 is 2.57 bits per heavy atom. The number of nitrogens with zero attached hydrogens (tertiary/aromatic N) is 5. The van der Waals surface area contributed by atoms with E-state index in [1.807, 2.05) is 20.8 Å². The number of benzene rings is 1. The highest BCUT2D eigenvalue weighted by molar-refractivity contribution is 5.84. The first-order chi connectivity index (χ1) is 17.5. The van der Waals surface area contributed by atoms with Gasteiger partial charge in [0.25, 0.3) is 5.56 Å². The first-order valence-electron chi connectivity index (χ1n) is 12.3. The Bertz CT molecular complexity index is 1570. The largest absolute Gasteiger partial charge is 0.444 e. The number of imidazole rings is 1. The lowest BCUT2D eigenvalue weighted by atomic mass is 10.0. The van der Waals surface area contributed by atoms with E-state index in [2.05, 4.69) is 9.97 Å². The molecule has 0 bridgehead atoms. The van der Waals surface area contributed by atoms with E-state index in [1.165, 1.54) is 23.0 Å². The van der Waals surface area contributed by atoms with Crippen molar-refractivity contribution in [3.05, 3.63) is 64.6 Å². The Morgan fingerprint density at radius 1 is 1.05 bits per heavy atom. The number of carbonyl (C=O) groups excluding carboxylic acids is 1. The van der Waals surface area contributed by atoms with Crippen molar-refractivity contribution in [3.8, 4) is 11.1 Å². The van der Waals surface area contributed by atoms with E-state index in [0.717, 1.165) is 0 Å². The third kappa shape index (κ3) is 4.92. The van der Waals surface area contributed by atoms with Crippen molar-refractivity contribution >= 4 is 22.6 Å². The first kappa shape index (κ1) is 24.9. The monoisotopic (exact) mass is 509 g/mol. The fourth-order valence-corrected chi connectivity index (χ4v) is 4.84. The van der Waals surface area contributed by atoms with Crippen molar-refractivity contribution in [2.24, 2.45) is 0 Å². The smallest absolute Gasteiger partial charge is 0.410 e. The SMILES string of the molecule is Cc1cn2cc(-c3cc(F)c4c(=O)n(C5CCCN(C(=O)OC(C)(C)C)CC5)cnc4c3)cc(F)c2n1. The van der Waals surface area contributed by atoms with Gasteiger partial charge in [-0.3, -0.25) is 9.36 Å². The average Bonchev–Trinajstić information content (AvgIpc) is 3.03.